The number of hydrogen-bond donors (Lipinski definition) is 1. The lowest BCUT2D eigenvalue weighted by molar-refractivity contribution is -0.384. The van der Waals surface area contributed by atoms with Crippen molar-refractivity contribution in [3.8, 4) is 11.9 Å². The van der Waals surface area contributed by atoms with Crippen LogP contribution in [0, 0.1) is 42.2 Å². The van der Waals surface area contributed by atoms with Gasteiger partial charge >= 0.3 is 5.69 Å². The molecule has 10 nitrogen and oxygen atoms in total. The molecule has 0 aliphatic heterocycles. The van der Waals surface area contributed by atoms with Gasteiger partial charge in [-0.1, -0.05) is 23.2 Å². The van der Waals surface area contributed by atoms with Crippen LogP contribution in [0.1, 0.15) is 22.3 Å². The van der Waals surface area contributed by atoms with Gasteiger partial charge in [-0.05, 0) is 44.0 Å². The van der Waals surface area contributed by atoms with Crippen molar-refractivity contribution in [2.45, 2.75) is 20.8 Å². The molecule has 0 amide bonds. The Bertz CT molecular complexity index is 1410. The van der Waals surface area contributed by atoms with Crippen LogP contribution in [-0.2, 0) is 0 Å². The molecular weight excluding hydrogens is 420 g/mol. The standard InChI is InChI=1S/C20H15ClN8O2/c1-10-4-12(3)16-14(5-10)11(2)6-15(26-16)28-20(13(7-22)8-25-28)27-19-17(29(30)31)18(21)23-9-24-19/h4-6,8-9H,1-3H3,(H,23,24,27). The fourth-order valence-electron chi connectivity index (χ4n) is 3.38. The van der Waals surface area contributed by atoms with Crippen molar-refractivity contribution in [2.75, 3.05) is 5.32 Å². The molecule has 4 aromatic rings. The number of nitrogens with one attached hydrogen (secondary N) is 1. The summed E-state index contributed by atoms with van der Waals surface area (Å²) >= 11 is 5.88. The number of nitro groups is 1. The van der Waals surface area contributed by atoms with Gasteiger partial charge in [-0.2, -0.15) is 15.0 Å². The molecule has 3 aromatic heterocycles. The molecule has 1 aromatic carbocycles. The van der Waals surface area contributed by atoms with E-state index in [9.17, 15) is 15.4 Å². The number of halogens is 1. The fourth-order valence-corrected chi connectivity index (χ4v) is 3.58. The highest BCUT2D eigenvalue weighted by Gasteiger charge is 2.24. The van der Waals surface area contributed by atoms with E-state index in [0.717, 1.165) is 33.9 Å². The van der Waals surface area contributed by atoms with E-state index in [0.29, 0.717) is 5.82 Å². The predicted molar refractivity (Wildman–Crippen MR) is 115 cm³/mol. The molecule has 0 saturated heterocycles. The summed E-state index contributed by atoms with van der Waals surface area (Å²) in [6, 6.07) is 7.95. The Morgan fingerprint density at radius 3 is 2.68 bits per heavy atom. The van der Waals surface area contributed by atoms with Gasteiger partial charge in [-0.15, -0.1) is 0 Å². The average molecular weight is 435 g/mol. The number of aromatic nitrogens is 5. The molecule has 0 fully saturated rings. The first kappa shape index (κ1) is 20.2. The van der Waals surface area contributed by atoms with Crippen molar-refractivity contribution in [3.05, 3.63) is 68.2 Å². The Kier molecular flexibility index (Phi) is 4.96. The second-order valence-corrected chi connectivity index (χ2v) is 7.31. The van der Waals surface area contributed by atoms with Crippen molar-refractivity contribution in [1.82, 2.24) is 24.7 Å². The average Bonchev–Trinajstić information content (AvgIpc) is 3.11. The molecule has 4 rings (SSSR count). The molecule has 1 N–H and O–H groups in total. The topological polar surface area (TPSA) is 135 Å². The summed E-state index contributed by atoms with van der Waals surface area (Å²) in [5.74, 6) is 0.465. The molecule has 31 heavy (non-hydrogen) atoms. The minimum Gasteiger partial charge on any atom is -0.318 e. The first-order valence-electron chi connectivity index (χ1n) is 9.09. The molecular formula is C20H15ClN8O2. The maximum atomic E-state index is 11.4. The molecule has 3 heterocycles. The third-order valence-corrected chi connectivity index (χ3v) is 5.02. The summed E-state index contributed by atoms with van der Waals surface area (Å²) in [6.07, 6.45) is 2.44. The zero-order chi connectivity index (χ0) is 22.3. The van der Waals surface area contributed by atoms with E-state index in [1.54, 1.807) is 0 Å². The molecule has 0 aliphatic rings. The Morgan fingerprint density at radius 1 is 1.19 bits per heavy atom. The third-order valence-electron chi connectivity index (χ3n) is 4.75. The number of anilines is 2. The minimum absolute atomic E-state index is 0.157. The number of nitrogens with zero attached hydrogens (tertiary/aromatic N) is 7. The number of rotatable bonds is 4. The first-order chi connectivity index (χ1) is 14.8. The second kappa shape index (κ2) is 7.62. The van der Waals surface area contributed by atoms with Crippen LogP contribution in [0.15, 0.2) is 30.7 Å². The lowest BCUT2D eigenvalue weighted by atomic mass is 10.0. The summed E-state index contributed by atoms with van der Waals surface area (Å²) in [5.41, 5.74) is 3.56. The van der Waals surface area contributed by atoms with Crippen LogP contribution in [0.4, 0.5) is 17.3 Å². The third kappa shape index (κ3) is 3.51. The highest BCUT2D eigenvalue weighted by atomic mass is 35.5. The monoisotopic (exact) mass is 434 g/mol. The van der Waals surface area contributed by atoms with E-state index in [-0.39, 0.29) is 22.4 Å². The summed E-state index contributed by atoms with van der Waals surface area (Å²) in [7, 11) is 0. The molecule has 0 radical (unpaired) electrons. The highest BCUT2D eigenvalue weighted by Crippen LogP contribution is 2.33. The van der Waals surface area contributed by atoms with Gasteiger partial charge in [-0.3, -0.25) is 10.1 Å². The number of hydrogen-bond acceptors (Lipinski definition) is 8. The number of pyridine rings is 1. The maximum absolute atomic E-state index is 11.4. The Hall–Kier alpha value is -4.10. The van der Waals surface area contributed by atoms with Crippen LogP contribution < -0.4 is 5.32 Å². The molecule has 0 unspecified atom stereocenters. The maximum Gasteiger partial charge on any atom is 0.348 e. The van der Waals surface area contributed by atoms with Crippen LogP contribution in [0.2, 0.25) is 5.15 Å². The molecule has 0 saturated carbocycles. The zero-order valence-electron chi connectivity index (χ0n) is 16.7. The number of aryl methyl sites for hydroxylation is 3. The van der Waals surface area contributed by atoms with E-state index >= 15 is 0 Å². The minimum atomic E-state index is -0.693. The van der Waals surface area contributed by atoms with Gasteiger partial charge in [0.2, 0.25) is 11.0 Å². The second-order valence-electron chi connectivity index (χ2n) is 6.95. The molecule has 11 heteroatoms. The van der Waals surface area contributed by atoms with Crippen molar-refractivity contribution >= 4 is 39.8 Å². The van der Waals surface area contributed by atoms with E-state index in [1.165, 1.54) is 10.9 Å². The quantitative estimate of drug-likeness (QED) is 0.285. The summed E-state index contributed by atoms with van der Waals surface area (Å²) in [6.45, 7) is 5.96. The zero-order valence-corrected chi connectivity index (χ0v) is 17.5. The number of benzene rings is 1. The Morgan fingerprint density at radius 2 is 1.97 bits per heavy atom. The van der Waals surface area contributed by atoms with Gasteiger partial charge in [0.1, 0.15) is 18.0 Å². The van der Waals surface area contributed by atoms with Gasteiger partial charge in [0, 0.05) is 5.39 Å². The smallest absolute Gasteiger partial charge is 0.318 e. The van der Waals surface area contributed by atoms with Crippen molar-refractivity contribution in [2.24, 2.45) is 0 Å². The SMILES string of the molecule is Cc1cc(C)c2nc(-n3ncc(C#N)c3Nc3ncnc(Cl)c3[N+](=O)[O-])cc(C)c2c1. The number of nitriles is 1. The molecule has 154 valence electrons. The van der Waals surface area contributed by atoms with Gasteiger partial charge in [0.25, 0.3) is 0 Å². The van der Waals surface area contributed by atoms with E-state index < -0.39 is 10.6 Å². The summed E-state index contributed by atoms with van der Waals surface area (Å²) < 4.78 is 1.41. The van der Waals surface area contributed by atoms with Gasteiger partial charge in [0.05, 0.1) is 16.6 Å². The molecule has 0 spiro atoms. The van der Waals surface area contributed by atoms with Gasteiger partial charge in [0.15, 0.2) is 11.6 Å². The van der Waals surface area contributed by atoms with Crippen molar-refractivity contribution < 1.29 is 4.92 Å². The van der Waals surface area contributed by atoms with Gasteiger partial charge in [-0.25, -0.2) is 15.0 Å². The molecule has 0 aliphatic carbocycles. The number of fused-ring (bicyclic) bond motifs is 1. The van der Waals surface area contributed by atoms with E-state index in [1.807, 2.05) is 39.0 Å². The normalized spacial score (nSPS) is 10.8. The Labute approximate surface area is 181 Å². The van der Waals surface area contributed by atoms with E-state index in [4.69, 9.17) is 16.6 Å². The van der Waals surface area contributed by atoms with Gasteiger partial charge < -0.3 is 5.32 Å². The summed E-state index contributed by atoms with van der Waals surface area (Å²) in [5, 5.41) is 28.7. The van der Waals surface area contributed by atoms with E-state index in [2.05, 4.69) is 26.4 Å². The lowest BCUT2D eigenvalue weighted by Gasteiger charge is -2.13. The highest BCUT2D eigenvalue weighted by molar-refractivity contribution is 6.31. The predicted octanol–water partition coefficient (Wildman–Crippen LogP) is 4.31. The van der Waals surface area contributed by atoms with Crippen LogP contribution >= 0.6 is 11.6 Å². The van der Waals surface area contributed by atoms with Crippen LogP contribution in [0.3, 0.4) is 0 Å². The lowest BCUT2D eigenvalue weighted by Crippen LogP contribution is -2.09. The van der Waals surface area contributed by atoms with Crippen LogP contribution in [-0.4, -0.2) is 29.7 Å². The first-order valence-corrected chi connectivity index (χ1v) is 9.47. The molecule has 0 atom stereocenters. The largest absolute Gasteiger partial charge is 0.348 e. The van der Waals surface area contributed by atoms with Crippen molar-refractivity contribution in [3.63, 3.8) is 0 Å². The van der Waals surface area contributed by atoms with Crippen LogP contribution in [0.5, 0.6) is 0 Å². The molecule has 0 bridgehead atoms. The van der Waals surface area contributed by atoms with Crippen LogP contribution in [0.25, 0.3) is 16.7 Å². The summed E-state index contributed by atoms with van der Waals surface area (Å²) in [4.78, 5) is 23.0. The van der Waals surface area contributed by atoms with Crippen molar-refractivity contribution in [1.29, 1.82) is 5.26 Å². The fraction of sp³-hybridized carbons (Fsp3) is 0.150. The Balaban J connectivity index is 1.91.